The molecule has 0 unspecified atom stereocenters. The van der Waals surface area contributed by atoms with Crippen LogP contribution in [0.4, 0.5) is 5.69 Å². The SMILES string of the molecule is CC(=O)c1cccc(N(CCC(=O)NCCN2CCOCC2)C(C)=O)c1. The maximum Gasteiger partial charge on any atom is 0.223 e. The molecule has 0 radical (unpaired) electrons. The van der Waals surface area contributed by atoms with Crippen molar-refractivity contribution in [2.45, 2.75) is 20.3 Å². The van der Waals surface area contributed by atoms with Crippen LogP contribution in [0.1, 0.15) is 30.6 Å². The molecule has 0 spiro atoms. The van der Waals surface area contributed by atoms with E-state index in [-0.39, 0.29) is 30.6 Å². The minimum atomic E-state index is -0.160. The molecule has 7 nitrogen and oxygen atoms in total. The number of Topliss-reactive ketones (excluding diaryl/α,β-unsaturated/α-hetero) is 1. The number of morpholine rings is 1. The van der Waals surface area contributed by atoms with Gasteiger partial charge in [-0.2, -0.15) is 0 Å². The van der Waals surface area contributed by atoms with Gasteiger partial charge in [0.15, 0.2) is 5.78 Å². The zero-order valence-corrected chi connectivity index (χ0v) is 15.5. The molecule has 26 heavy (non-hydrogen) atoms. The Labute approximate surface area is 154 Å². The highest BCUT2D eigenvalue weighted by atomic mass is 16.5. The van der Waals surface area contributed by atoms with E-state index < -0.39 is 0 Å². The Morgan fingerprint density at radius 2 is 1.92 bits per heavy atom. The van der Waals surface area contributed by atoms with Crippen molar-refractivity contribution < 1.29 is 19.1 Å². The fourth-order valence-corrected chi connectivity index (χ4v) is 2.84. The number of ketones is 1. The number of amides is 2. The Bertz CT molecular complexity index is 641. The molecule has 1 aromatic carbocycles. The summed E-state index contributed by atoms with van der Waals surface area (Å²) in [5.41, 5.74) is 1.18. The maximum absolute atomic E-state index is 12.1. The Kier molecular flexibility index (Phi) is 7.74. The molecular weight excluding hydrogens is 334 g/mol. The van der Waals surface area contributed by atoms with Gasteiger partial charge in [0.2, 0.25) is 11.8 Å². The molecule has 1 aliphatic rings. The maximum atomic E-state index is 12.1. The predicted octanol–water partition coefficient (Wildman–Crippen LogP) is 1.08. The first kappa shape index (κ1) is 20.1. The molecular formula is C19H27N3O4. The minimum absolute atomic E-state index is 0.0591. The number of rotatable bonds is 8. The Morgan fingerprint density at radius 3 is 2.58 bits per heavy atom. The van der Waals surface area contributed by atoms with Gasteiger partial charge in [-0.15, -0.1) is 0 Å². The number of carbonyl (C=O) groups is 3. The van der Waals surface area contributed by atoms with Crippen LogP contribution < -0.4 is 10.2 Å². The normalized spacial score (nSPS) is 14.7. The number of anilines is 1. The quantitative estimate of drug-likeness (QED) is 0.701. The van der Waals surface area contributed by atoms with E-state index in [1.165, 1.54) is 18.7 Å². The van der Waals surface area contributed by atoms with Gasteiger partial charge in [-0.05, 0) is 19.1 Å². The van der Waals surface area contributed by atoms with Crippen LogP contribution in [0, 0.1) is 0 Å². The van der Waals surface area contributed by atoms with Crippen molar-refractivity contribution in [3.05, 3.63) is 29.8 Å². The second-order valence-corrected chi connectivity index (χ2v) is 6.33. The highest BCUT2D eigenvalue weighted by Crippen LogP contribution is 2.17. The summed E-state index contributed by atoms with van der Waals surface area (Å²) in [5.74, 6) is -0.310. The average molecular weight is 361 g/mol. The topological polar surface area (TPSA) is 79.0 Å². The number of hydrogen-bond acceptors (Lipinski definition) is 5. The molecule has 142 valence electrons. The molecule has 7 heteroatoms. The van der Waals surface area contributed by atoms with E-state index in [2.05, 4.69) is 10.2 Å². The molecule has 0 aromatic heterocycles. The molecule has 0 bridgehead atoms. The van der Waals surface area contributed by atoms with Gasteiger partial charge in [0.25, 0.3) is 0 Å². The lowest BCUT2D eigenvalue weighted by Gasteiger charge is -2.26. The standard InChI is InChI=1S/C19H27N3O4/c1-15(23)17-4-3-5-18(14-17)22(16(2)24)8-6-19(25)20-7-9-21-10-12-26-13-11-21/h3-5,14H,6-13H2,1-2H3,(H,20,25). The summed E-state index contributed by atoms with van der Waals surface area (Å²) in [5, 5.41) is 2.89. The van der Waals surface area contributed by atoms with E-state index in [9.17, 15) is 14.4 Å². The van der Waals surface area contributed by atoms with Crippen LogP contribution in [0.3, 0.4) is 0 Å². The Hall–Kier alpha value is -2.25. The van der Waals surface area contributed by atoms with Crippen molar-refractivity contribution in [3.8, 4) is 0 Å². The lowest BCUT2D eigenvalue weighted by molar-refractivity contribution is -0.121. The van der Waals surface area contributed by atoms with Crippen molar-refractivity contribution in [2.75, 3.05) is 50.8 Å². The van der Waals surface area contributed by atoms with Crippen LogP contribution in [-0.4, -0.2) is 68.4 Å². The summed E-state index contributed by atoms with van der Waals surface area (Å²) >= 11 is 0. The zero-order chi connectivity index (χ0) is 18.9. The number of benzene rings is 1. The highest BCUT2D eigenvalue weighted by molar-refractivity contribution is 5.97. The van der Waals surface area contributed by atoms with Gasteiger partial charge in [0, 0.05) is 57.3 Å². The second kappa shape index (κ2) is 10.0. The van der Waals surface area contributed by atoms with E-state index in [0.717, 1.165) is 32.8 Å². The summed E-state index contributed by atoms with van der Waals surface area (Å²) in [6, 6.07) is 6.90. The number of nitrogens with one attached hydrogen (secondary N) is 1. The van der Waals surface area contributed by atoms with E-state index in [0.29, 0.717) is 17.8 Å². The monoisotopic (exact) mass is 361 g/mol. The van der Waals surface area contributed by atoms with Crippen LogP contribution >= 0.6 is 0 Å². The fourth-order valence-electron chi connectivity index (χ4n) is 2.84. The molecule has 1 saturated heterocycles. The van der Waals surface area contributed by atoms with Crippen molar-refractivity contribution in [1.82, 2.24) is 10.2 Å². The number of hydrogen-bond donors (Lipinski definition) is 1. The van der Waals surface area contributed by atoms with Crippen molar-refractivity contribution in [3.63, 3.8) is 0 Å². The average Bonchev–Trinajstić information content (AvgIpc) is 2.62. The summed E-state index contributed by atoms with van der Waals surface area (Å²) in [4.78, 5) is 39.3. The van der Waals surface area contributed by atoms with Crippen LogP contribution in [0.5, 0.6) is 0 Å². The summed E-state index contributed by atoms with van der Waals surface area (Å²) in [7, 11) is 0. The molecule has 1 aliphatic heterocycles. The van der Waals surface area contributed by atoms with Crippen LogP contribution in [0.15, 0.2) is 24.3 Å². The minimum Gasteiger partial charge on any atom is -0.379 e. The van der Waals surface area contributed by atoms with E-state index >= 15 is 0 Å². The fraction of sp³-hybridized carbons (Fsp3) is 0.526. The summed E-state index contributed by atoms with van der Waals surface area (Å²) in [6.07, 6.45) is 0.215. The molecule has 2 rings (SSSR count). The first-order chi connectivity index (χ1) is 12.5. The van der Waals surface area contributed by atoms with Crippen LogP contribution in [-0.2, 0) is 14.3 Å². The van der Waals surface area contributed by atoms with Gasteiger partial charge >= 0.3 is 0 Å². The molecule has 1 fully saturated rings. The number of carbonyl (C=O) groups excluding carboxylic acids is 3. The van der Waals surface area contributed by atoms with Gasteiger partial charge in [-0.1, -0.05) is 12.1 Å². The third-order valence-electron chi connectivity index (χ3n) is 4.36. The van der Waals surface area contributed by atoms with Crippen molar-refractivity contribution >= 4 is 23.3 Å². The van der Waals surface area contributed by atoms with Gasteiger partial charge in [-0.25, -0.2) is 0 Å². The molecule has 2 amide bonds. The third-order valence-corrected chi connectivity index (χ3v) is 4.36. The number of nitrogens with zero attached hydrogens (tertiary/aromatic N) is 2. The zero-order valence-electron chi connectivity index (χ0n) is 15.5. The molecule has 1 N–H and O–H groups in total. The van der Waals surface area contributed by atoms with Gasteiger partial charge in [-0.3, -0.25) is 19.3 Å². The summed E-state index contributed by atoms with van der Waals surface area (Å²) in [6.45, 7) is 7.85. The first-order valence-electron chi connectivity index (χ1n) is 8.93. The van der Waals surface area contributed by atoms with E-state index in [1.807, 2.05) is 0 Å². The molecule has 0 aliphatic carbocycles. The largest absolute Gasteiger partial charge is 0.379 e. The smallest absolute Gasteiger partial charge is 0.223 e. The van der Waals surface area contributed by atoms with Gasteiger partial charge < -0.3 is 15.0 Å². The predicted molar refractivity (Wildman–Crippen MR) is 99.4 cm³/mol. The lowest BCUT2D eigenvalue weighted by Crippen LogP contribution is -2.42. The van der Waals surface area contributed by atoms with E-state index in [1.54, 1.807) is 24.3 Å². The van der Waals surface area contributed by atoms with Gasteiger partial charge in [0.05, 0.1) is 13.2 Å². The van der Waals surface area contributed by atoms with E-state index in [4.69, 9.17) is 4.74 Å². The Morgan fingerprint density at radius 1 is 1.19 bits per heavy atom. The van der Waals surface area contributed by atoms with Crippen LogP contribution in [0.25, 0.3) is 0 Å². The lowest BCUT2D eigenvalue weighted by atomic mass is 10.1. The summed E-state index contributed by atoms with van der Waals surface area (Å²) < 4.78 is 5.29. The molecule has 1 heterocycles. The second-order valence-electron chi connectivity index (χ2n) is 6.33. The van der Waals surface area contributed by atoms with Crippen molar-refractivity contribution in [1.29, 1.82) is 0 Å². The molecule has 0 saturated carbocycles. The first-order valence-corrected chi connectivity index (χ1v) is 8.93. The third kappa shape index (κ3) is 6.24. The van der Waals surface area contributed by atoms with Crippen molar-refractivity contribution in [2.24, 2.45) is 0 Å². The Balaban J connectivity index is 1.82. The van der Waals surface area contributed by atoms with Crippen LogP contribution in [0.2, 0.25) is 0 Å². The molecule has 1 aromatic rings. The molecule has 0 atom stereocenters. The number of ether oxygens (including phenoxy) is 1. The van der Waals surface area contributed by atoms with Gasteiger partial charge in [0.1, 0.15) is 0 Å². The highest BCUT2D eigenvalue weighted by Gasteiger charge is 2.15.